The third kappa shape index (κ3) is 4.31. The highest BCUT2D eigenvalue weighted by atomic mass is 79.9. The molecular formula is C15H16BrN3O5. The lowest BCUT2D eigenvalue weighted by Gasteiger charge is -2.11. The minimum absolute atomic E-state index is 0.0379. The van der Waals surface area contributed by atoms with E-state index in [2.05, 4.69) is 31.3 Å². The van der Waals surface area contributed by atoms with Gasteiger partial charge >= 0.3 is 11.9 Å². The Bertz CT molecular complexity index is 732. The maximum Gasteiger partial charge on any atom is 0.361 e. The van der Waals surface area contributed by atoms with Crippen LogP contribution in [-0.2, 0) is 14.3 Å². The molecule has 1 aromatic heterocycles. The Balaban J connectivity index is 2.33. The smallest absolute Gasteiger partial charge is 0.361 e. The summed E-state index contributed by atoms with van der Waals surface area (Å²) in [6, 6.07) is 5.11. The minimum Gasteiger partial charge on any atom is -0.481 e. The molecule has 0 unspecified atom stereocenters. The second kappa shape index (κ2) is 8.44. The highest BCUT2D eigenvalue weighted by Crippen LogP contribution is 2.33. The van der Waals surface area contributed by atoms with Crippen molar-refractivity contribution in [2.24, 2.45) is 0 Å². The largest absolute Gasteiger partial charge is 0.481 e. The molecule has 2 rings (SSSR count). The predicted molar refractivity (Wildman–Crippen MR) is 87.6 cm³/mol. The van der Waals surface area contributed by atoms with Gasteiger partial charge in [0.05, 0.1) is 13.2 Å². The van der Waals surface area contributed by atoms with Crippen molar-refractivity contribution in [3.63, 3.8) is 0 Å². The maximum absolute atomic E-state index is 12.0. The molecule has 0 aliphatic rings. The van der Waals surface area contributed by atoms with E-state index in [1.165, 1.54) is 0 Å². The Morgan fingerprint density at radius 3 is 2.62 bits per heavy atom. The number of hydrogen-bond donors (Lipinski definition) is 1. The summed E-state index contributed by atoms with van der Waals surface area (Å²) in [5, 5.41) is 10.2. The first-order chi connectivity index (χ1) is 11.6. The monoisotopic (exact) mass is 397 g/mol. The van der Waals surface area contributed by atoms with Gasteiger partial charge in [-0.2, -0.15) is 10.3 Å². The average Bonchev–Trinajstić information content (AvgIpc) is 3.03. The summed E-state index contributed by atoms with van der Waals surface area (Å²) in [7, 11) is 0. The number of esters is 2. The zero-order valence-electron chi connectivity index (χ0n) is 13.2. The van der Waals surface area contributed by atoms with Crippen LogP contribution in [0.1, 0.15) is 24.3 Å². The molecule has 0 spiro atoms. The van der Waals surface area contributed by atoms with Gasteiger partial charge < -0.3 is 14.2 Å². The first-order valence-corrected chi connectivity index (χ1v) is 8.02. The summed E-state index contributed by atoms with van der Waals surface area (Å²) in [6.07, 6.45) is 0. The van der Waals surface area contributed by atoms with Crippen molar-refractivity contribution < 1.29 is 23.8 Å². The lowest BCUT2D eigenvalue weighted by molar-refractivity contribution is -0.145. The molecule has 0 fully saturated rings. The molecule has 2 aromatic rings. The molecule has 1 aromatic carbocycles. The number of carbonyl (C=O) groups excluding carboxylic acids is 2. The van der Waals surface area contributed by atoms with Gasteiger partial charge in [-0.3, -0.25) is 0 Å². The molecule has 9 heteroatoms. The van der Waals surface area contributed by atoms with Gasteiger partial charge in [-0.1, -0.05) is 15.9 Å². The Hall–Kier alpha value is -2.42. The number of H-pyrrole nitrogens is 1. The van der Waals surface area contributed by atoms with Gasteiger partial charge in [-0.05, 0) is 32.0 Å². The van der Waals surface area contributed by atoms with Gasteiger partial charge in [0.15, 0.2) is 12.3 Å². The van der Waals surface area contributed by atoms with Gasteiger partial charge in [0.1, 0.15) is 11.4 Å². The molecular weight excluding hydrogens is 382 g/mol. The molecule has 128 valence electrons. The van der Waals surface area contributed by atoms with Crippen LogP contribution in [0.3, 0.4) is 0 Å². The van der Waals surface area contributed by atoms with Crippen molar-refractivity contribution >= 4 is 27.9 Å². The normalized spacial score (nSPS) is 10.3. The fourth-order valence-electron chi connectivity index (χ4n) is 1.91. The third-order valence-electron chi connectivity index (χ3n) is 2.86. The molecule has 1 N–H and O–H groups in total. The molecule has 8 nitrogen and oxygen atoms in total. The first kappa shape index (κ1) is 17.9. The molecule has 0 aliphatic heterocycles. The number of hydrogen-bond acceptors (Lipinski definition) is 7. The van der Waals surface area contributed by atoms with Gasteiger partial charge in [-0.25, -0.2) is 9.59 Å². The summed E-state index contributed by atoms with van der Waals surface area (Å²) in [5.41, 5.74) is 0.801. The van der Waals surface area contributed by atoms with E-state index in [4.69, 9.17) is 14.2 Å². The van der Waals surface area contributed by atoms with Crippen LogP contribution in [-0.4, -0.2) is 47.2 Å². The van der Waals surface area contributed by atoms with Crippen molar-refractivity contribution in [1.82, 2.24) is 15.4 Å². The minimum atomic E-state index is -0.599. The zero-order valence-corrected chi connectivity index (χ0v) is 14.8. The molecule has 0 aliphatic carbocycles. The number of benzene rings is 1. The second-order valence-electron chi connectivity index (χ2n) is 4.48. The molecule has 0 radical (unpaired) electrons. The van der Waals surface area contributed by atoms with Crippen LogP contribution in [0.4, 0.5) is 0 Å². The average molecular weight is 398 g/mol. The van der Waals surface area contributed by atoms with Crippen molar-refractivity contribution in [3.8, 4) is 17.0 Å². The number of nitrogens with one attached hydrogen (secondary N) is 1. The van der Waals surface area contributed by atoms with E-state index in [1.54, 1.807) is 32.0 Å². The predicted octanol–water partition coefficient (Wildman–Crippen LogP) is 2.35. The number of aromatic amines is 1. The van der Waals surface area contributed by atoms with E-state index >= 15 is 0 Å². The van der Waals surface area contributed by atoms with E-state index < -0.39 is 11.9 Å². The van der Waals surface area contributed by atoms with Gasteiger partial charge in [0, 0.05) is 10.0 Å². The van der Waals surface area contributed by atoms with Crippen molar-refractivity contribution in [1.29, 1.82) is 0 Å². The molecule has 24 heavy (non-hydrogen) atoms. The van der Waals surface area contributed by atoms with E-state index in [-0.39, 0.29) is 31.2 Å². The topological polar surface area (TPSA) is 103 Å². The van der Waals surface area contributed by atoms with Crippen LogP contribution in [0.15, 0.2) is 22.7 Å². The molecule has 0 bridgehead atoms. The van der Waals surface area contributed by atoms with E-state index in [0.29, 0.717) is 11.3 Å². The Labute approximate surface area is 146 Å². The Morgan fingerprint density at radius 2 is 1.92 bits per heavy atom. The van der Waals surface area contributed by atoms with Crippen molar-refractivity contribution in [2.75, 3.05) is 19.8 Å². The quantitative estimate of drug-likeness (QED) is 0.714. The van der Waals surface area contributed by atoms with Crippen LogP contribution >= 0.6 is 15.9 Å². The fraction of sp³-hybridized carbons (Fsp3) is 0.333. The van der Waals surface area contributed by atoms with Crippen LogP contribution in [0.5, 0.6) is 5.75 Å². The lowest BCUT2D eigenvalue weighted by Crippen LogP contribution is -2.15. The maximum atomic E-state index is 12.0. The fourth-order valence-corrected chi connectivity index (χ4v) is 2.27. The Kier molecular flexibility index (Phi) is 6.30. The van der Waals surface area contributed by atoms with Crippen LogP contribution in [0.2, 0.25) is 0 Å². The summed E-state index contributed by atoms with van der Waals surface area (Å²) in [6.45, 7) is 3.64. The number of ether oxygens (including phenoxy) is 3. The first-order valence-electron chi connectivity index (χ1n) is 7.23. The molecule has 1 heterocycles. The van der Waals surface area contributed by atoms with E-state index in [9.17, 15) is 9.59 Å². The van der Waals surface area contributed by atoms with Crippen molar-refractivity contribution in [3.05, 3.63) is 28.4 Å². The third-order valence-corrected chi connectivity index (χ3v) is 3.36. The number of nitrogens with zero attached hydrogens (tertiary/aromatic N) is 2. The van der Waals surface area contributed by atoms with Gasteiger partial charge in [-0.15, -0.1) is 5.10 Å². The van der Waals surface area contributed by atoms with Crippen LogP contribution in [0.25, 0.3) is 11.3 Å². The summed E-state index contributed by atoms with van der Waals surface area (Å²) in [4.78, 5) is 23.5. The summed E-state index contributed by atoms with van der Waals surface area (Å²) < 4.78 is 16.0. The van der Waals surface area contributed by atoms with Crippen LogP contribution in [0, 0.1) is 0 Å². The number of rotatable bonds is 7. The standard InChI is InChI=1S/C15H16BrN3O5/c1-3-22-12(20)8-24-11-6-5-9(16)7-10(11)13-14(18-19-17-13)15(21)23-4-2/h5-7H,3-4,8H2,1-2H3,(H,17,18,19). The van der Waals surface area contributed by atoms with Crippen LogP contribution < -0.4 is 4.74 Å². The number of halogens is 1. The molecule has 0 saturated carbocycles. The number of carbonyl (C=O) groups is 2. The van der Waals surface area contributed by atoms with E-state index in [0.717, 1.165) is 4.47 Å². The molecule has 0 atom stereocenters. The second-order valence-corrected chi connectivity index (χ2v) is 5.39. The summed E-state index contributed by atoms with van der Waals surface area (Å²) in [5.74, 6) is -0.722. The van der Waals surface area contributed by atoms with Gasteiger partial charge in [0.2, 0.25) is 0 Å². The lowest BCUT2D eigenvalue weighted by atomic mass is 10.1. The molecule has 0 amide bonds. The highest BCUT2D eigenvalue weighted by molar-refractivity contribution is 9.10. The van der Waals surface area contributed by atoms with Gasteiger partial charge in [0.25, 0.3) is 0 Å². The number of aromatic nitrogens is 3. The SMILES string of the molecule is CCOC(=O)COc1ccc(Br)cc1-c1n[nH]nc1C(=O)OCC. The summed E-state index contributed by atoms with van der Waals surface area (Å²) >= 11 is 3.36. The Morgan fingerprint density at radius 1 is 1.17 bits per heavy atom. The highest BCUT2D eigenvalue weighted by Gasteiger charge is 2.22. The molecule has 0 saturated heterocycles. The van der Waals surface area contributed by atoms with E-state index in [1.807, 2.05) is 0 Å². The van der Waals surface area contributed by atoms with Crippen molar-refractivity contribution in [2.45, 2.75) is 13.8 Å². The zero-order chi connectivity index (χ0) is 17.5.